The number of carbonyl (C=O) groups excluding carboxylic acids is 9. The lowest BCUT2D eigenvalue weighted by Crippen LogP contribution is -2.62. The van der Waals surface area contributed by atoms with Gasteiger partial charge in [0.15, 0.2) is 0 Å². The van der Waals surface area contributed by atoms with Crippen LogP contribution in [0.3, 0.4) is 0 Å². The van der Waals surface area contributed by atoms with Crippen molar-refractivity contribution in [1.82, 2.24) is 42.1 Å². The Bertz CT molecular complexity index is 1980. The number of benzene rings is 1. The highest BCUT2D eigenvalue weighted by atomic mass is 32.1. The van der Waals surface area contributed by atoms with Crippen molar-refractivity contribution >= 4 is 84.4 Å². The van der Waals surface area contributed by atoms with Gasteiger partial charge in [-0.1, -0.05) is 26.0 Å². The number of rotatable bonds is 30. The average molecular weight is 1030 g/mol. The highest BCUT2D eigenvalue weighted by molar-refractivity contribution is 7.80. The Morgan fingerprint density at radius 2 is 1.27 bits per heavy atom. The van der Waals surface area contributed by atoms with Crippen molar-refractivity contribution < 1.29 is 68.4 Å². The van der Waals surface area contributed by atoms with Crippen molar-refractivity contribution in [3.8, 4) is 5.75 Å². The number of nitrogens with one attached hydrogen (secondary N) is 7. The second kappa shape index (κ2) is 30.1. The molecule has 1 heterocycles. The van der Waals surface area contributed by atoms with Gasteiger partial charge in [-0.2, -0.15) is 25.3 Å². The SMILES string of the molecule is CC(C)C[C@H](NC(=O)[C@@H](NC(=O)[C@@H]1CCCN1C(=O)[C@H](Cc1ccc(O)cc1)NC(=O)[C@H](CC(N)=O)NC(=O)[C@H](CCCCN)NC(=O)[C@H](CO)NC(=O)[C@@H](N)CS)[C@@H](C)O)C(=O)N[C@@H](CS)C(=O)O. The monoisotopic (exact) mass is 1030 g/mol. The summed E-state index contributed by atoms with van der Waals surface area (Å²) in [7, 11) is 0. The summed E-state index contributed by atoms with van der Waals surface area (Å²) in [5, 5.41) is 56.7. The van der Waals surface area contributed by atoms with Gasteiger partial charge in [0.2, 0.25) is 53.2 Å². The van der Waals surface area contributed by atoms with Crippen LogP contribution in [0.2, 0.25) is 0 Å². The first-order chi connectivity index (χ1) is 33.0. The van der Waals surface area contributed by atoms with Crippen LogP contribution in [0, 0.1) is 5.92 Å². The number of nitrogens with zero attached hydrogens (tertiary/aromatic N) is 1. The first-order valence-corrected chi connectivity index (χ1v) is 23.9. The molecule has 9 amide bonds. The Morgan fingerprint density at radius 3 is 1.81 bits per heavy atom. The van der Waals surface area contributed by atoms with E-state index in [4.69, 9.17) is 17.2 Å². The lowest BCUT2D eigenvalue weighted by Gasteiger charge is -2.31. The van der Waals surface area contributed by atoms with Gasteiger partial charge in [-0.25, -0.2) is 4.79 Å². The zero-order valence-corrected chi connectivity index (χ0v) is 41.1. The predicted molar refractivity (Wildman–Crippen MR) is 258 cm³/mol. The van der Waals surface area contributed by atoms with Crippen LogP contribution in [0.25, 0.3) is 0 Å². The number of phenolic OH excluding ortho intramolecular Hbond substituents is 1. The largest absolute Gasteiger partial charge is 0.508 e. The molecule has 1 aromatic rings. The number of likely N-dealkylation sites (tertiary alicyclic amines) is 1. The molecular weight excluding hydrogens is 959 g/mol. The van der Waals surface area contributed by atoms with E-state index < -0.39 is 133 Å². The van der Waals surface area contributed by atoms with Crippen molar-refractivity contribution in [3.05, 3.63) is 29.8 Å². The summed E-state index contributed by atoms with van der Waals surface area (Å²) < 4.78 is 0. The van der Waals surface area contributed by atoms with Crippen molar-refractivity contribution in [1.29, 1.82) is 0 Å². The Morgan fingerprint density at radius 1 is 0.729 bits per heavy atom. The van der Waals surface area contributed by atoms with E-state index in [1.165, 1.54) is 31.2 Å². The molecule has 1 aliphatic heterocycles. The molecule has 70 heavy (non-hydrogen) atoms. The Kier molecular flexibility index (Phi) is 26.0. The number of aliphatic hydroxyl groups is 2. The molecule has 0 aliphatic carbocycles. The van der Waals surface area contributed by atoms with Crippen LogP contribution in [0.5, 0.6) is 5.75 Å². The molecule has 0 radical (unpaired) electrons. The Balaban J connectivity index is 2.44. The fraction of sp³-hybridized carbons (Fsp3) is 0.628. The number of carbonyl (C=O) groups is 10. The first-order valence-electron chi connectivity index (χ1n) is 22.7. The molecule has 0 aromatic heterocycles. The van der Waals surface area contributed by atoms with Gasteiger partial charge in [-0.05, 0) is 75.6 Å². The number of unbranched alkanes of at least 4 members (excludes halogenated alkanes) is 1. The van der Waals surface area contributed by atoms with Gasteiger partial charge in [0.1, 0.15) is 54.1 Å². The van der Waals surface area contributed by atoms with E-state index in [1.54, 1.807) is 13.8 Å². The van der Waals surface area contributed by atoms with Crippen LogP contribution in [-0.4, -0.2) is 176 Å². The second-order valence-corrected chi connectivity index (χ2v) is 18.0. The number of phenols is 1. The summed E-state index contributed by atoms with van der Waals surface area (Å²) >= 11 is 7.89. The number of carboxylic acids is 1. The number of aliphatic hydroxyl groups excluding tert-OH is 2. The fourth-order valence-corrected chi connectivity index (χ4v) is 7.61. The van der Waals surface area contributed by atoms with Crippen molar-refractivity contribution in [3.63, 3.8) is 0 Å². The maximum Gasteiger partial charge on any atom is 0.327 e. The molecule has 1 saturated heterocycles. The molecule has 2 rings (SSSR count). The molecular formula is C43H69N11O14S2. The van der Waals surface area contributed by atoms with E-state index >= 15 is 0 Å². The number of aromatic hydroxyl groups is 1. The van der Waals surface area contributed by atoms with E-state index in [9.17, 15) is 68.4 Å². The molecule has 1 fully saturated rings. The van der Waals surface area contributed by atoms with Gasteiger partial charge >= 0.3 is 5.97 Å². The molecule has 0 bridgehead atoms. The number of nitrogens with two attached hydrogens (primary N) is 3. The van der Waals surface area contributed by atoms with E-state index in [2.05, 4.69) is 62.5 Å². The molecule has 27 heteroatoms. The van der Waals surface area contributed by atoms with Crippen molar-refractivity contribution in [2.45, 2.75) is 133 Å². The predicted octanol–water partition coefficient (Wildman–Crippen LogP) is -4.99. The maximum absolute atomic E-state index is 14.5. The topological polar surface area (TPSA) is 417 Å². The zero-order chi connectivity index (χ0) is 52.8. The minimum Gasteiger partial charge on any atom is -0.508 e. The molecule has 0 unspecified atom stereocenters. The van der Waals surface area contributed by atoms with Gasteiger partial charge in [0.25, 0.3) is 0 Å². The number of hydrogen-bond acceptors (Lipinski definition) is 17. The second-order valence-electron chi connectivity index (χ2n) is 17.2. The summed E-state index contributed by atoms with van der Waals surface area (Å²) in [6.45, 7) is 4.00. The highest BCUT2D eigenvalue weighted by Gasteiger charge is 2.41. The van der Waals surface area contributed by atoms with Crippen LogP contribution in [0.15, 0.2) is 24.3 Å². The van der Waals surface area contributed by atoms with Gasteiger partial charge in [0, 0.05) is 24.5 Å². The van der Waals surface area contributed by atoms with Crippen molar-refractivity contribution in [2.24, 2.45) is 23.1 Å². The Hall–Kier alpha value is -5.74. The fourth-order valence-electron chi connectivity index (χ4n) is 7.19. The quantitative estimate of drug-likeness (QED) is 0.0253. The number of primary amides is 1. The number of amides is 9. The smallest absolute Gasteiger partial charge is 0.327 e. The minimum absolute atomic E-state index is 0.0293. The third kappa shape index (κ3) is 19.6. The zero-order valence-electron chi connectivity index (χ0n) is 39.3. The number of thiol groups is 2. The third-order valence-corrected chi connectivity index (χ3v) is 11.8. The molecule has 1 aromatic carbocycles. The molecule has 0 spiro atoms. The highest BCUT2D eigenvalue weighted by Crippen LogP contribution is 2.21. The summed E-state index contributed by atoms with van der Waals surface area (Å²) in [5.74, 6) is -10.5. The lowest BCUT2D eigenvalue weighted by molar-refractivity contribution is -0.143. The van der Waals surface area contributed by atoms with Gasteiger partial charge in [-0.3, -0.25) is 43.2 Å². The van der Waals surface area contributed by atoms with E-state index in [0.717, 1.165) is 4.90 Å². The standard InChI is InChI=1S/C43H69N11O14S2/c1-21(2)15-27(37(61)52-31(20-70)43(67)68)49-41(65)34(22(3)56)53-40(64)32-8-6-14-54(32)42(66)29(16-23-9-11-24(57)12-10-23)50-38(62)28(17-33(46)58)48-36(60)26(7-4-5-13-44)47-39(63)30(18-55)51-35(59)25(45)19-69/h9-12,21-22,25-32,34,55-57,69-70H,4-8,13-20,44-45H2,1-3H3,(H2,46,58)(H,47,63)(H,48,60)(H,49,65)(H,50,62)(H,51,59)(H,52,61)(H,53,64)(H,67,68)/t22-,25+,26+,27+,28+,29+,30+,31+,32+,34+/m1/s1. The number of carboxylic acid groups (broad SMARTS) is 1. The van der Waals surface area contributed by atoms with Gasteiger partial charge < -0.3 is 79.7 Å². The average Bonchev–Trinajstić information content (AvgIpc) is 3.80. The Labute approximate surface area is 416 Å². The summed E-state index contributed by atoms with van der Waals surface area (Å²) in [4.78, 5) is 134. The van der Waals surface area contributed by atoms with Gasteiger partial charge in [0.05, 0.1) is 25.2 Å². The molecule has 10 atom stereocenters. The van der Waals surface area contributed by atoms with Crippen LogP contribution in [0.4, 0.5) is 0 Å². The number of aliphatic carboxylic acids is 1. The number of hydrogen-bond donors (Lipinski definition) is 16. The van der Waals surface area contributed by atoms with Crippen molar-refractivity contribution in [2.75, 3.05) is 31.2 Å². The maximum atomic E-state index is 14.5. The normalized spacial score (nSPS) is 17.2. The van der Waals surface area contributed by atoms with Crippen LogP contribution >= 0.6 is 25.3 Å². The molecule has 0 saturated carbocycles. The van der Waals surface area contributed by atoms with E-state index in [-0.39, 0.29) is 74.8 Å². The van der Waals surface area contributed by atoms with Crippen LogP contribution in [-0.2, 0) is 54.4 Å². The van der Waals surface area contributed by atoms with Crippen LogP contribution < -0.4 is 54.4 Å². The molecule has 1 aliphatic rings. The summed E-state index contributed by atoms with van der Waals surface area (Å²) in [5.41, 5.74) is 17.2. The molecule has 17 N–H and O–H groups in total. The summed E-state index contributed by atoms with van der Waals surface area (Å²) in [6.07, 6.45) is -1.62. The van der Waals surface area contributed by atoms with Crippen LogP contribution in [0.1, 0.15) is 71.3 Å². The third-order valence-electron chi connectivity index (χ3n) is 11.0. The van der Waals surface area contributed by atoms with Gasteiger partial charge in [-0.15, -0.1) is 0 Å². The summed E-state index contributed by atoms with van der Waals surface area (Å²) in [6, 6.07) is -7.42. The molecule has 392 valence electrons. The lowest BCUT2D eigenvalue weighted by atomic mass is 10.0. The molecule has 25 nitrogen and oxygen atoms in total. The van der Waals surface area contributed by atoms with E-state index in [1.807, 2.05) is 0 Å². The van der Waals surface area contributed by atoms with E-state index in [0.29, 0.717) is 12.0 Å². The minimum atomic E-state index is -1.76. The first kappa shape index (κ1) is 60.4.